The van der Waals surface area contributed by atoms with Crippen LogP contribution in [-0.2, 0) is 4.79 Å². The largest absolute Gasteiger partial charge is 0.490 e. The Hall–Kier alpha value is -1.70. The molecule has 0 aliphatic heterocycles. The summed E-state index contributed by atoms with van der Waals surface area (Å²) < 4.78 is 5.55. The van der Waals surface area contributed by atoms with E-state index in [4.69, 9.17) is 28.4 Å². The average Bonchev–Trinajstić information content (AvgIpc) is 2.44. The summed E-state index contributed by atoms with van der Waals surface area (Å²) >= 11 is 4.94. The van der Waals surface area contributed by atoms with Crippen LogP contribution in [0.1, 0.15) is 12.5 Å². The third-order valence-corrected chi connectivity index (χ3v) is 3.10. The first-order valence-electron chi connectivity index (χ1n) is 6.64. The Bertz CT molecular complexity index is 496. The maximum Gasteiger partial charge on any atom is 0.231 e. The molecule has 0 saturated heterocycles. The highest BCUT2D eigenvalue weighted by molar-refractivity contribution is 7.80. The monoisotopic (exact) mass is 311 g/mol. The summed E-state index contributed by atoms with van der Waals surface area (Å²) in [6, 6.07) is 7.11. The molecule has 21 heavy (non-hydrogen) atoms. The van der Waals surface area contributed by atoms with Gasteiger partial charge in [0.1, 0.15) is 23.4 Å². The molecule has 1 amide bonds. The van der Waals surface area contributed by atoms with Crippen molar-refractivity contribution < 1.29 is 14.6 Å². The Morgan fingerprint density at radius 3 is 2.67 bits per heavy atom. The summed E-state index contributed by atoms with van der Waals surface area (Å²) in [5, 5.41) is 9.97. The molecule has 5 N–H and O–H groups in total. The Labute approximate surface area is 129 Å². The van der Waals surface area contributed by atoms with Gasteiger partial charge in [-0.2, -0.15) is 0 Å². The first kappa shape index (κ1) is 17.4. The van der Waals surface area contributed by atoms with Crippen molar-refractivity contribution in [3.8, 4) is 5.75 Å². The number of benzene rings is 1. The van der Waals surface area contributed by atoms with Crippen molar-refractivity contribution in [2.24, 2.45) is 11.5 Å². The van der Waals surface area contributed by atoms with E-state index in [1.165, 1.54) is 0 Å². The van der Waals surface area contributed by atoms with Gasteiger partial charge in [0.25, 0.3) is 0 Å². The van der Waals surface area contributed by atoms with Crippen molar-refractivity contribution in [1.82, 2.24) is 4.90 Å². The van der Waals surface area contributed by atoms with Gasteiger partial charge in [-0.15, -0.1) is 0 Å². The average molecular weight is 311 g/mol. The second-order valence-electron chi connectivity index (χ2n) is 4.62. The Balaban J connectivity index is 2.55. The maximum atomic E-state index is 10.9. The van der Waals surface area contributed by atoms with Gasteiger partial charge in [0, 0.05) is 6.54 Å². The molecule has 1 rings (SSSR count). The van der Waals surface area contributed by atoms with E-state index in [0.717, 1.165) is 0 Å². The Morgan fingerprint density at radius 2 is 2.10 bits per heavy atom. The fourth-order valence-corrected chi connectivity index (χ4v) is 2.03. The fourth-order valence-electron chi connectivity index (χ4n) is 1.86. The maximum absolute atomic E-state index is 10.9. The Morgan fingerprint density at radius 1 is 1.43 bits per heavy atom. The lowest BCUT2D eigenvalue weighted by molar-refractivity contribution is -0.119. The minimum Gasteiger partial charge on any atom is -0.490 e. The number of hydrogen-bond donors (Lipinski definition) is 3. The minimum absolute atomic E-state index is 0.0783. The van der Waals surface area contributed by atoms with Crippen LogP contribution in [0, 0.1) is 0 Å². The van der Waals surface area contributed by atoms with Crippen molar-refractivity contribution in [3.63, 3.8) is 0 Å². The number of likely N-dealkylation sites (N-methyl/N-ethyl adjacent to an activating group) is 1. The minimum atomic E-state index is -0.747. The molecule has 0 spiro atoms. The Kier molecular flexibility index (Phi) is 7.07. The number of primary amides is 1. The molecule has 1 atom stereocenters. The number of aliphatic hydroxyl groups excluding tert-OH is 1. The lowest BCUT2D eigenvalue weighted by Gasteiger charge is -2.22. The van der Waals surface area contributed by atoms with Crippen LogP contribution in [0.15, 0.2) is 24.3 Å². The van der Waals surface area contributed by atoms with E-state index in [1.54, 1.807) is 23.1 Å². The highest BCUT2D eigenvalue weighted by Crippen LogP contribution is 2.17. The third-order valence-electron chi connectivity index (χ3n) is 2.88. The van der Waals surface area contributed by atoms with E-state index < -0.39 is 12.0 Å². The van der Waals surface area contributed by atoms with Gasteiger partial charge >= 0.3 is 0 Å². The number of nitrogens with two attached hydrogens (primary N) is 2. The molecule has 7 heteroatoms. The molecule has 0 saturated carbocycles. The summed E-state index contributed by atoms with van der Waals surface area (Å²) in [4.78, 5) is 12.9. The predicted molar refractivity (Wildman–Crippen MR) is 85.1 cm³/mol. The third kappa shape index (κ3) is 6.07. The zero-order chi connectivity index (χ0) is 15.8. The van der Waals surface area contributed by atoms with Gasteiger partial charge in [0.2, 0.25) is 5.91 Å². The zero-order valence-electron chi connectivity index (χ0n) is 12.0. The number of carbonyl (C=O) groups is 1. The first-order valence-corrected chi connectivity index (χ1v) is 7.05. The van der Waals surface area contributed by atoms with E-state index >= 15 is 0 Å². The highest BCUT2D eigenvalue weighted by atomic mass is 32.1. The summed E-state index contributed by atoms with van der Waals surface area (Å²) in [5.41, 5.74) is 11.4. The lowest BCUT2D eigenvalue weighted by atomic mass is 10.2. The summed E-state index contributed by atoms with van der Waals surface area (Å²) in [6.45, 7) is 2.99. The van der Waals surface area contributed by atoms with Gasteiger partial charge in [0.05, 0.1) is 12.1 Å². The van der Waals surface area contributed by atoms with E-state index in [2.05, 4.69) is 0 Å². The van der Waals surface area contributed by atoms with Crippen molar-refractivity contribution in [2.45, 2.75) is 13.0 Å². The van der Waals surface area contributed by atoms with E-state index in [-0.39, 0.29) is 18.1 Å². The van der Waals surface area contributed by atoms with Gasteiger partial charge in [-0.1, -0.05) is 31.3 Å². The molecule has 6 nitrogen and oxygen atoms in total. The number of para-hydroxylation sites is 1. The molecule has 1 unspecified atom stereocenters. The molecule has 0 heterocycles. The van der Waals surface area contributed by atoms with E-state index in [1.807, 2.05) is 13.0 Å². The molecule has 0 aliphatic rings. The van der Waals surface area contributed by atoms with Gasteiger partial charge < -0.3 is 21.3 Å². The topological polar surface area (TPSA) is 102 Å². The van der Waals surface area contributed by atoms with Crippen LogP contribution in [0.2, 0.25) is 0 Å². The predicted octanol–water partition coefficient (Wildman–Crippen LogP) is -0.132. The summed E-state index contributed by atoms with van der Waals surface area (Å²) in [6.07, 6.45) is -0.747. The molecule has 116 valence electrons. The van der Waals surface area contributed by atoms with Crippen LogP contribution in [0.25, 0.3) is 0 Å². The number of nitrogens with zero attached hydrogens (tertiary/aromatic N) is 1. The zero-order valence-corrected chi connectivity index (χ0v) is 12.8. The molecule has 1 aromatic carbocycles. The highest BCUT2D eigenvalue weighted by Gasteiger charge is 2.14. The van der Waals surface area contributed by atoms with Crippen molar-refractivity contribution >= 4 is 23.1 Å². The number of hydrogen-bond acceptors (Lipinski definition) is 5. The molecule has 0 aliphatic carbocycles. The normalized spacial score (nSPS) is 12.1. The number of ether oxygens (including phenoxy) is 1. The van der Waals surface area contributed by atoms with Crippen LogP contribution in [0.3, 0.4) is 0 Å². The first-order chi connectivity index (χ1) is 9.93. The van der Waals surface area contributed by atoms with Crippen LogP contribution in [-0.4, -0.2) is 53.2 Å². The molecular weight excluding hydrogens is 290 g/mol. The number of thiocarbonyl (C=S) groups is 1. The van der Waals surface area contributed by atoms with Crippen LogP contribution in [0.4, 0.5) is 0 Å². The van der Waals surface area contributed by atoms with Gasteiger partial charge in [-0.25, -0.2) is 0 Å². The second-order valence-corrected chi connectivity index (χ2v) is 5.06. The van der Waals surface area contributed by atoms with E-state index in [0.29, 0.717) is 24.4 Å². The quantitative estimate of drug-likeness (QED) is 0.549. The number of amides is 1. The van der Waals surface area contributed by atoms with Gasteiger partial charge in [-0.05, 0) is 18.7 Å². The van der Waals surface area contributed by atoms with Crippen LogP contribution >= 0.6 is 12.2 Å². The van der Waals surface area contributed by atoms with E-state index in [9.17, 15) is 9.90 Å². The standard InChI is InChI=1S/C14H21N3O3S/c1-2-17(8-13(15)19)7-10(18)9-20-12-6-4-3-5-11(12)14(16)21/h3-6,10,18H,2,7-9H2,1H3,(H2,15,19)(H2,16,21). The molecular formula is C14H21N3O3S. The fraction of sp³-hybridized carbons (Fsp3) is 0.429. The van der Waals surface area contributed by atoms with Crippen molar-refractivity contribution in [1.29, 1.82) is 0 Å². The van der Waals surface area contributed by atoms with Gasteiger partial charge in [-0.3, -0.25) is 9.69 Å². The molecule has 0 aromatic heterocycles. The van der Waals surface area contributed by atoms with Crippen LogP contribution < -0.4 is 16.2 Å². The smallest absolute Gasteiger partial charge is 0.231 e. The lowest BCUT2D eigenvalue weighted by Crippen LogP contribution is -2.40. The van der Waals surface area contributed by atoms with Crippen molar-refractivity contribution in [2.75, 3.05) is 26.2 Å². The number of rotatable bonds is 9. The summed E-state index contributed by atoms with van der Waals surface area (Å²) in [7, 11) is 0. The molecule has 0 bridgehead atoms. The molecule has 0 radical (unpaired) electrons. The number of carbonyl (C=O) groups excluding carboxylic acids is 1. The van der Waals surface area contributed by atoms with Gasteiger partial charge in [0.15, 0.2) is 0 Å². The van der Waals surface area contributed by atoms with Crippen LogP contribution in [0.5, 0.6) is 5.75 Å². The SMILES string of the molecule is CCN(CC(N)=O)CC(O)COc1ccccc1C(N)=S. The molecule has 1 aromatic rings. The van der Waals surface area contributed by atoms with Crippen molar-refractivity contribution in [3.05, 3.63) is 29.8 Å². The molecule has 0 fully saturated rings. The second kappa shape index (κ2) is 8.56. The number of aliphatic hydroxyl groups is 1. The summed E-state index contributed by atoms with van der Waals surface area (Å²) in [5.74, 6) is 0.103.